The lowest BCUT2D eigenvalue weighted by Gasteiger charge is -2.46. The molecule has 33 heavy (non-hydrogen) atoms. The number of fused-ring (bicyclic) bond motifs is 1. The molecule has 3 aromatic rings. The van der Waals surface area contributed by atoms with Gasteiger partial charge in [-0.15, -0.1) is 5.10 Å². The summed E-state index contributed by atoms with van der Waals surface area (Å²) in [7, 11) is 0. The first kappa shape index (κ1) is 21.2. The Balaban J connectivity index is 1.17. The number of morpholine rings is 1. The van der Waals surface area contributed by atoms with Gasteiger partial charge in [-0.3, -0.25) is 9.69 Å². The Morgan fingerprint density at radius 3 is 2.76 bits per heavy atom. The van der Waals surface area contributed by atoms with E-state index in [1.165, 1.54) is 0 Å². The van der Waals surface area contributed by atoms with Crippen molar-refractivity contribution in [3.05, 3.63) is 76.9 Å². The van der Waals surface area contributed by atoms with Gasteiger partial charge in [-0.05, 0) is 46.2 Å². The fraction of sp³-hybridized carbons (Fsp3) is 0.375. The minimum atomic E-state index is 0.000636. The number of tetrazole rings is 1. The van der Waals surface area contributed by atoms with Crippen molar-refractivity contribution in [3.8, 4) is 5.69 Å². The van der Waals surface area contributed by atoms with Crippen molar-refractivity contribution in [2.24, 2.45) is 0 Å². The molecule has 0 bridgehead atoms. The maximum Gasteiger partial charge on any atom is 0.227 e. The van der Waals surface area contributed by atoms with Crippen molar-refractivity contribution in [2.45, 2.75) is 25.5 Å². The zero-order valence-corrected chi connectivity index (χ0v) is 18.5. The van der Waals surface area contributed by atoms with Crippen molar-refractivity contribution >= 4 is 11.6 Å². The molecule has 168 valence electrons. The van der Waals surface area contributed by atoms with Crippen molar-refractivity contribution in [3.63, 3.8) is 0 Å². The Hall–Kier alpha value is -3.61. The minimum Gasteiger partial charge on any atom is -0.370 e. The molecule has 0 unspecified atom stereocenters. The average Bonchev–Trinajstić information content (AvgIpc) is 3.39. The van der Waals surface area contributed by atoms with Crippen molar-refractivity contribution in [1.29, 1.82) is 0 Å². The zero-order valence-electron chi connectivity index (χ0n) is 18.5. The smallest absolute Gasteiger partial charge is 0.227 e. The monoisotopic (exact) mass is 443 g/mol. The van der Waals surface area contributed by atoms with Crippen molar-refractivity contribution in [1.82, 2.24) is 30.0 Å². The Bertz CT molecular complexity index is 1170. The molecule has 2 aliphatic heterocycles. The predicted octanol–water partition coefficient (Wildman–Crippen LogP) is 2.35. The molecule has 1 amide bonds. The van der Waals surface area contributed by atoms with Gasteiger partial charge in [0.2, 0.25) is 5.91 Å². The summed E-state index contributed by atoms with van der Waals surface area (Å²) in [5.41, 5.74) is 4.61. The Morgan fingerprint density at radius 1 is 1.18 bits per heavy atom. The number of piperazine rings is 1. The highest BCUT2D eigenvalue weighted by molar-refractivity contribution is 5.79. The van der Waals surface area contributed by atoms with Gasteiger partial charge in [0.25, 0.3) is 0 Å². The quantitative estimate of drug-likeness (QED) is 0.576. The number of amides is 1. The average molecular weight is 444 g/mol. The van der Waals surface area contributed by atoms with Crippen LogP contribution in [-0.4, -0.2) is 74.7 Å². The molecule has 0 N–H and O–H groups in total. The second kappa shape index (κ2) is 9.10. The summed E-state index contributed by atoms with van der Waals surface area (Å²) < 4.78 is 7.77. The molecule has 0 radical (unpaired) electrons. The molecule has 0 saturated carbocycles. The van der Waals surface area contributed by atoms with Gasteiger partial charge in [-0.2, -0.15) is 0 Å². The van der Waals surface area contributed by atoms with Crippen molar-refractivity contribution < 1.29 is 9.53 Å². The molecule has 2 atom stereocenters. The van der Waals surface area contributed by atoms with Gasteiger partial charge in [0.1, 0.15) is 6.33 Å². The topological polar surface area (TPSA) is 80.7 Å². The van der Waals surface area contributed by atoms with E-state index >= 15 is 0 Å². The third-order valence-electron chi connectivity index (χ3n) is 6.47. The first-order valence-electron chi connectivity index (χ1n) is 11.0. The molecular formula is C24H25N7O2. The van der Waals surface area contributed by atoms with Crippen LogP contribution in [0.1, 0.15) is 22.8 Å². The van der Waals surface area contributed by atoms with Gasteiger partial charge < -0.3 is 9.64 Å². The highest BCUT2D eigenvalue weighted by Crippen LogP contribution is 2.30. The third kappa shape index (κ3) is 4.49. The third-order valence-corrected chi connectivity index (χ3v) is 6.47. The van der Waals surface area contributed by atoms with Crippen LogP contribution in [-0.2, 0) is 16.0 Å². The summed E-state index contributed by atoms with van der Waals surface area (Å²) in [5.74, 6) is 0.136. The number of rotatable bonds is 4. The Labute approximate surface area is 192 Å². The molecule has 9 nitrogen and oxygen atoms in total. The summed E-state index contributed by atoms with van der Waals surface area (Å²) in [6.07, 6.45) is 1.92. The molecule has 2 saturated heterocycles. The fourth-order valence-corrected chi connectivity index (χ4v) is 4.55. The number of aryl methyl sites for hydroxylation is 1. The molecule has 2 fully saturated rings. The summed E-state index contributed by atoms with van der Waals surface area (Å²) in [6.45, 7) is 12.8. The lowest BCUT2D eigenvalue weighted by Crippen LogP contribution is -2.59. The number of carbonyl (C=O) groups is 1. The number of benzene rings is 2. The van der Waals surface area contributed by atoms with Crippen molar-refractivity contribution in [2.75, 3.05) is 32.8 Å². The van der Waals surface area contributed by atoms with Crippen LogP contribution in [0.5, 0.6) is 0 Å². The zero-order chi connectivity index (χ0) is 22.8. The second-order valence-electron chi connectivity index (χ2n) is 8.57. The number of aromatic nitrogens is 4. The lowest BCUT2D eigenvalue weighted by atomic mass is 10.0. The van der Waals surface area contributed by atoms with Crippen LogP contribution in [0.25, 0.3) is 10.5 Å². The van der Waals surface area contributed by atoms with E-state index in [4.69, 9.17) is 11.3 Å². The number of carbonyl (C=O) groups excluding carboxylic acids is 1. The van der Waals surface area contributed by atoms with Gasteiger partial charge in [-0.25, -0.2) is 9.53 Å². The van der Waals surface area contributed by atoms with Crippen LogP contribution in [0, 0.1) is 13.5 Å². The lowest BCUT2D eigenvalue weighted by molar-refractivity contribution is -0.139. The van der Waals surface area contributed by atoms with E-state index in [0.29, 0.717) is 25.3 Å². The molecule has 9 heteroatoms. The van der Waals surface area contributed by atoms with Gasteiger partial charge in [-0.1, -0.05) is 30.3 Å². The number of hydrogen-bond acceptors (Lipinski definition) is 6. The first-order chi connectivity index (χ1) is 16.1. The van der Waals surface area contributed by atoms with Crippen LogP contribution < -0.4 is 0 Å². The molecule has 1 aromatic heterocycles. The summed E-state index contributed by atoms with van der Waals surface area (Å²) in [6, 6.07) is 13.9. The van der Waals surface area contributed by atoms with Crippen LogP contribution >= 0.6 is 0 Å². The normalized spacial score (nSPS) is 20.8. The SMILES string of the molecule is [C-]#[N+]c1ccc([C@@H]2CN3CCN(C(=O)Cc4ccc(-n5cnnn5)cc4)C[C@@H]3CO2)cc1C. The molecule has 5 rings (SSSR count). The predicted molar refractivity (Wildman–Crippen MR) is 121 cm³/mol. The van der Waals surface area contributed by atoms with E-state index in [1.807, 2.05) is 48.2 Å². The Kier molecular flexibility index (Phi) is 5.86. The van der Waals surface area contributed by atoms with Crippen LogP contribution in [0.4, 0.5) is 5.69 Å². The van der Waals surface area contributed by atoms with E-state index in [0.717, 1.165) is 42.0 Å². The molecular weight excluding hydrogens is 418 g/mol. The van der Waals surface area contributed by atoms with Gasteiger partial charge >= 0.3 is 0 Å². The summed E-state index contributed by atoms with van der Waals surface area (Å²) in [4.78, 5) is 20.9. The van der Waals surface area contributed by atoms with Crippen LogP contribution in [0.2, 0.25) is 0 Å². The number of nitrogens with zero attached hydrogens (tertiary/aromatic N) is 7. The summed E-state index contributed by atoms with van der Waals surface area (Å²) in [5, 5.41) is 11.2. The standard InChI is InChI=1S/C24H25N7O2/c1-17-11-19(5-8-22(17)25-2)23-14-29-9-10-30(13-21(29)15-33-23)24(32)12-18-3-6-20(7-4-18)31-16-26-27-28-31/h3-8,11,16,21,23H,9-10,12-15H2,1H3/t21-,23+/m1/s1. The molecule has 2 aromatic carbocycles. The highest BCUT2D eigenvalue weighted by atomic mass is 16.5. The Morgan fingerprint density at radius 2 is 2.03 bits per heavy atom. The second-order valence-corrected chi connectivity index (χ2v) is 8.57. The summed E-state index contributed by atoms with van der Waals surface area (Å²) >= 11 is 0. The van der Waals surface area contributed by atoms with Crippen LogP contribution in [0.15, 0.2) is 48.8 Å². The first-order valence-corrected chi connectivity index (χ1v) is 11.0. The largest absolute Gasteiger partial charge is 0.370 e. The van der Waals surface area contributed by atoms with Gasteiger partial charge in [0.15, 0.2) is 5.69 Å². The van der Waals surface area contributed by atoms with E-state index < -0.39 is 0 Å². The fourth-order valence-electron chi connectivity index (χ4n) is 4.55. The van der Waals surface area contributed by atoms with E-state index in [2.05, 4.69) is 31.3 Å². The maximum atomic E-state index is 12.9. The van der Waals surface area contributed by atoms with Gasteiger partial charge in [0, 0.05) is 26.2 Å². The van der Waals surface area contributed by atoms with E-state index in [1.54, 1.807) is 11.0 Å². The number of hydrogen-bond donors (Lipinski definition) is 0. The molecule has 3 heterocycles. The van der Waals surface area contributed by atoms with E-state index in [-0.39, 0.29) is 18.1 Å². The van der Waals surface area contributed by atoms with Gasteiger partial charge in [0.05, 0.1) is 37.4 Å². The number of ether oxygens (including phenoxy) is 1. The molecule has 0 spiro atoms. The molecule has 2 aliphatic rings. The highest BCUT2D eigenvalue weighted by Gasteiger charge is 2.35. The minimum absolute atomic E-state index is 0.000636. The van der Waals surface area contributed by atoms with E-state index in [9.17, 15) is 4.79 Å². The van der Waals surface area contributed by atoms with Crippen LogP contribution in [0.3, 0.4) is 0 Å². The molecule has 0 aliphatic carbocycles. The maximum absolute atomic E-state index is 12.9.